The number of nitrogens with zero attached hydrogens (tertiary/aromatic N) is 1. The van der Waals surface area contributed by atoms with Crippen molar-refractivity contribution in [3.05, 3.63) is 47.3 Å². The highest BCUT2D eigenvalue weighted by Gasteiger charge is 2.34. The number of esters is 1. The van der Waals surface area contributed by atoms with E-state index in [9.17, 15) is 14.7 Å². The lowest BCUT2D eigenvalue weighted by atomic mass is 10.1. The molecule has 0 unspecified atom stereocenters. The fourth-order valence-electron chi connectivity index (χ4n) is 2.46. The smallest absolute Gasteiger partial charge is 0.341 e. The number of benzene rings is 1. The van der Waals surface area contributed by atoms with Gasteiger partial charge in [0.2, 0.25) is 0 Å². The summed E-state index contributed by atoms with van der Waals surface area (Å²) in [4.78, 5) is 25.1. The molecule has 0 spiro atoms. The Labute approximate surface area is 121 Å². The third-order valence-corrected chi connectivity index (χ3v) is 3.39. The van der Waals surface area contributed by atoms with E-state index in [1.807, 2.05) is 24.3 Å². The number of carbonyl (C=O) groups is 2. The average Bonchev–Trinajstić information content (AvgIpc) is 2.85. The molecule has 3 rings (SSSR count). The van der Waals surface area contributed by atoms with Gasteiger partial charge in [0.15, 0.2) is 0 Å². The summed E-state index contributed by atoms with van der Waals surface area (Å²) in [6.45, 7) is 2.15. The van der Waals surface area contributed by atoms with Gasteiger partial charge in [0.1, 0.15) is 11.4 Å². The predicted octanol–water partition coefficient (Wildman–Crippen LogP) is 1.72. The number of carboxylic acid groups (broad SMARTS) is 1. The van der Waals surface area contributed by atoms with Gasteiger partial charge < -0.3 is 20.1 Å². The van der Waals surface area contributed by atoms with E-state index in [1.165, 1.54) is 6.08 Å². The number of para-hydroxylation sites is 2. The maximum Gasteiger partial charge on any atom is 0.341 e. The topological polar surface area (TPSA) is 78.9 Å². The monoisotopic (exact) mass is 286 g/mol. The van der Waals surface area contributed by atoms with Crippen molar-refractivity contribution in [2.45, 2.75) is 6.92 Å². The predicted molar refractivity (Wildman–Crippen MR) is 76.8 cm³/mol. The first kappa shape index (κ1) is 13.2. The molecule has 2 aliphatic heterocycles. The van der Waals surface area contributed by atoms with E-state index < -0.39 is 11.9 Å². The molecule has 108 valence electrons. The molecule has 0 fully saturated rings. The summed E-state index contributed by atoms with van der Waals surface area (Å²) in [6.07, 6.45) is 1.38. The average molecular weight is 286 g/mol. The van der Waals surface area contributed by atoms with Crippen LogP contribution in [-0.4, -0.2) is 30.2 Å². The number of hydrogen-bond acceptors (Lipinski definition) is 5. The van der Waals surface area contributed by atoms with Crippen LogP contribution in [0, 0.1) is 0 Å². The first-order valence-electron chi connectivity index (χ1n) is 6.60. The van der Waals surface area contributed by atoms with Crippen LogP contribution >= 0.6 is 0 Å². The van der Waals surface area contributed by atoms with Gasteiger partial charge in [-0.25, -0.2) is 9.59 Å². The number of carbonyl (C=O) groups excluding carboxylic acids is 1. The van der Waals surface area contributed by atoms with E-state index >= 15 is 0 Å². The van der Waals surface area contributed by atoms with E-state index in [0.29, 0.717) is 5.82 Å². The first-order valence-corrected chi connectivity index (χ1v) is 6.60. The molecule has 21 heavy (non-hydrogen) atoms. The molecule has 2 N–H and O–H groups in total. The molecule has 2 aliphatic rings. The van der Waals surface area contributed by atoms with E-state index in [1.54, 1.807) is 11.8 Å². The summed E-state index contributed by atoms with van der Waals surface area (Å²) in [5.41, 5.74) is 2.08. The van der Waals surface area contributed by atoms with Gasteiger partial charge in [0.25, 0.3) is 0 Å². The second kappa shape index (κ2) is 4.97. The molecule has 0 aromatic heterocycles. The molecule has 0 radical (unpaired) electrons. The van der Waals surface area contributed by atoms with Crippen molar-refractivity contribution in [3.8, 4) is 0 Å². The van der Waals surface area contributed by atoms with Gasteiger partial charge >= 0.3 is 11.9 Å². The zero-order valence-electron chi connectivity index (χ0n) is 11.4. The second-order valence-electron chi connectivity index (χ2n) is 4.69. The zero-order valence-corrected chi connectivity index (χ0v) is 11.4. The lowest BCUT2D eigenvalue weighted by Crippen LogP contribution is -2.32. The Hall–Kier alpha value is -2.76. The Balaban J connectivity index is 2.09. The highest BCUT2D eigenvalue weighted by atomic mass is 16.5. The highest BCUT2D eigenvalue weighted by molar-refractivity contribution is 6.01. The van der Waals surface area contributed by atoms with Crippen molar-refractivity contribution in [3.63, 3.8) is 0 Å². The van der Waals surface area contributed by atoms with Crippen LogP contribution in [0.3, 0.4) is 0 Å². The van der Waals surface area contributed by atoms with Gasteiger partial charge in [-0.2, -0.15) is 0 Å². The van der Waals surface area contributed by atoms with Crippen LogP contribution in [0.4, 0.5) is 11.4 Å². The molecule has 0 saturated heterocycles. The number of rotatable bonds is 3. The number of ether oxygens (including phenoxy) is 1. The molecule has 2 heterocycles. The van der Waals surface area contributed by atoms with Crippen LogP contribution in [0.5, 0.6) is 0 Å². The number of aliphatic carboxylic acids is 1. The van der Waals surface area contributed by atoms with E-state index in [-0.39, 0.29) is 24.3 Å². The summed E-state index contributed by atoms with van der Waals surface area (Å²) < 4.78 is 5.02. The Kier molecular flexibility index (Phi) is 3.13. The van der Waals surface area contributed by atoms with Gasteiger partial charge in [-0.05, 0) is 25.1 Å². The van der Waals surface area contributed by atoms with Crippen molar-refractivity contribution in [1.29, 1.82) is 0 Å². The molecule has 0 atom stereocenters. The van der Waals surface area contributed by atoms with Crippen LogP contribution in [0.1, 0.15) is 6.92 Å². The van der Waals surface area contributed by atoms with Crippen molar-refractivity contribution >= 4 is 23.3 Å². The van der Waals surface area contributed by atoms with Crippen LogP contribution < -0.4 is 10.2 Å². The number of nitrogens with one attached hydrogen (secondary N) is 1. The molecule has 1 aromatic carbocycles. The van der Waals surface area contributed by atoms with Crippen molar-refractivity contribution < 1.29 is 19.4 Å². The van der Waals surface area contributed by atoms with E-state index in [2.05, 4.69) is 5.32 Å². The molecular weight excluding hydrogens is 272 g/mol. The molecule has 6 heteroatoms. The van der Waals surface area contributed by atoms with E-state index in [4.69, 9.17) is 4.74 Å². The lowest BCUT2D eigenvalue weighted by Gasteiger charge is -2.25. The van der Waals surface area contributed by atoms with Gasteiger partial charge in [0.05, 0.1) is 30.1 Å². The fraction of sp³-hybridized carbons (Fsp3) is 0.200. The van der Waals surface area contributed by atoms with Crippen molar-refractivity contribution in [2.24, 2.45) is 0 Å². The molecule has 0 amide bonds. The maximum atomic E-state index is 12.1. The first-order chi connectivity index (χ1) is 10.1. The number of anilines is 2. The summed E-state index contributed by atoms with van der Waals surface area (Å²) in [6, 6.07) is 7.50. The summed E-state index contributed by atoms with van der Waals surface area (Å²) in [7, 11) is 0. The standard InChI is InChI=1S/C15H14N2O4/c1-2-21-15(20)10-7-9(14(18)19)8-17-12-6-4-3-5-11(12)16-13(10)17/h3-7,16H,2,8H2,1H3,(H,18,19). The Bertz CT molecular complexity index is 691. The van der Waals surface area contributed by atoms with Crippen molar-refractivity contribution in [1.82, 2.24) is 0 Å². The third kappa shape index (κ3) is 2.14. The third-order valence-electron chi connectivity index (χ3n) is 3.39. The van der Waals surface area contributed by atoms with Crippen molar-refractivity contribution in [2.75, 3.05) is 23.4 Å². The molecule has 0 aliphatic carbocycles. The molecular formula is C15H14N2O4. The molecule has 0 saturated carbocycles. The number of carboxylic acids is 1. The van der Waals surface area contributed by atoms with Gasteiger partial charge in [-0.3, -0.25) is 0 Å². The summed E-state index contributed by atoms with van der Waals surface area (Å²) in [5.74, 6) is -1.00. The largest absolute Gasteiger partial charge is 0.478 e. The minimum absolute atomic E-state index is 0.153. The van der Waals surface area contributed by atoms with Crippen LogP contribution in [0.15, 0.2) is 47.3 Å². The minimum atomic E-state index is -1.04. The number of fused-ring (bicyclic) bond motifs is 3. The normalized spacial score (nSPS) is 15.9. The SMILES string of the molecule is CCOC(=O)C1=C2Nc3ccccc3N2CC(C(=O)O)=C1. The van der Waals surface area contributed by atoms with E-state index in [0.717, 1.165) is 11.4 Å². The quantitative estimate of drug-likeness (QED) is 0.824. The molecule has 0 bridgehead atoms. The number of hydrogen-bond donors (Lipinski definition) is 2. The minimum Gasteiger partial charge on any atom is -0.478 e. The summed E-state index contributed by atoms with van der Waals surface area (Å²) >= 11 is 0. The molecule has 6 nitrogen and oxygen atoms in total. The fourth-order valence-corrected chi connectivity index (χ4v) is 2.46. The maximum absolute atomic E-state index is 12.1. The van der Waals surface area contributed by atoms with Crippen LogP contribution in [-0.2, 0) is 14.3 Å². The Morgan fingerprint density at radius 2 is 2.14 bits per heavy atom. The summed E-state index contributed by atoms with van der Waals surface area (Å²) in [5, 5.41) is 12.4. The lowest BCUT2D eigenvalue weighted by molar-refractivity contribution is -0.138. The molecule has 1 aromatic rings. The Morgan fingerprint density at radius 1 is 1.38 bits per heavy atom. The van der Waals surface area contributed by atoms with Crippen LogP contribution in [0.25, 0.3) is 0 Å². The Morgan fingerprint density at radius 3 is 2.86 bits per heavy atom. The second-order valence-corrected chi connectivity index (χ2v) is 4.69. The van der Waals surface area contributed by atoms with Crippen LogP contribution in [0.2, 0.25) is 0 Å². The van der Waals surface area contributed by atoms with Gasteiger partial charge in [-0.1, -0.05) is 12.1 Å². The zero-order chi connectivity index (χ0) is 15.0. The van der Waals surface area contributed by atoms with Gasteiger partial charge in [-0.15, -0.1) is 0 Å². The highest BCUT2D eigenvalue weighted by Crippen LogP contribution is 2.40. The van der Waals surface area contributed by atoms with Gasteiger partial charge in [0, 0.05) is 0 Å².